The fraction of sp³-hybridized carbons (Fsp3) is 0.227. The van der Waals surface area contributed by atoms with Crippen LogP contribution in [-0.2, 0) is 6.54 Å². The van der Waals surface area contributed by atoms with Crippen molar-refractivity contribution in [3.63, 3.8) is 0 Å². The molecule has 1 amide bonds. The van der Waals surface area contributed by atoms with E-state index in [1.54, 1.807) is 12.5 Å². The minimum Gasteiger partial charge on any atom is -0.468 e. The van der Waals surface area contributed by atoms with E-state index < -0.39 is 0 Å². The first-order valence-electron chi connectivity index (χ1n) is 9.86. The van der Waals surface area contributed by atoms with Crippen molar-refractivity contribution < 1.29 is 9.21 Å². The summed E-state index contributed by atoms with van der Waals surface area (Å²) in [5.74, 6) is 0.945. The summed E-state index contributed by atoms with van der Waals surface area (Å²) >= 11 is 1.47. The van der Waals surface area contributed by atoms with Crippen LogP contribution in [-0.4, -0.2) is 56.7 Å². The van der Waals surface area contributed by atoms with Crippen LogP contribution < -0.4 is 0 Å². The van der Waals surface area contributed by atoms with Gasteiger partial charge in [0.2, 0.25) is 0 Å². The molecule has 0 unspecified atom stereocenters. The number of thiazole rings is 1. The van der Waals surface area contributed by atoms with Crippen LogP contribution in [0.25, 0.3) is 16.3 Å². The molecule has 7 nitrogen and oxygen atoms in total. The first-order chi connectivity index (χ1) is 14.8. The van der Waals surface area contributed by atoms with Gasteiger partial charge in [-0.15, -0.1) is 11.3 Å². The highest BCUT2D eigenvalue weighted by Crippen LogP contribution is 2.25. The fourth-order valence-corrected chi connectivity index (χ4v) is 4.32. The van der Waals surface area contributed by atoms with Crippen molar-refractivity contribution in [2.75, 3.05) is 26.2 Å². The summed E-state index contributed by atoms with van der Waals surface area (Å²) in [5, 5.41) is 7.06. The molecule has 8 heteroatoms. The summed E-state index contributed by atoms with van der Waals surface area (Å²) in [4.78, 5) is 21.7. The number of nitrogens with zero attached hydrogens (tertiary/aromatic N) is 5. The van der Waals surface area contributed by atoms with Gasteiger partial charge in [-0.1, -0.05) is 18.2 Å². The molecule has 3 aromatic heterocycles. The largest absolute Gasteiger partial charge is 0.468 e. The van der Waals surface area contributed by atoms with Gasteiger partial charge in [0.25, 0.3) is 5.91 Å². The molecule has 4 aromatic rings. The van der Waals surface area contributed by atoms with Gasteiger partial charge in [-0.3, -0.25) is 9.69 Å². The molecule has 1 aromatic carbocycles. The quantitative estimate of drug-likeness (QED) is 0.495. The number of benzene rings is 1. The predicted octanol–water partition coefficient (Wildman–Crippen LogP) is 3.55. The molecule has 4 heterocycles. The zero-order valence-corrected chi connectivity index (χ0v) is 17.2. The van der Waals surface area contributed by atoms with Gasteiger partial charge in [0.05, 0.1) is 24.7 Å². The number of aromatic nitrogens is 3. The fourth-order valence-electron chi connectivity index (χ4n) is 3.55. The van der Waals surface area contributed by atoms with E-state index in [2.05, 4.69) is 15.0 Å². The van der Waals surface area contributed by atoms with Crippen LogP contribution in [0, 0.1) is 0 Å². The number of carbonyl (C=O) groups excluding carboxylic acids is 1. The third kappa shape index (κ3) is 3.92. The molecule has 0 atom stereocenters. The number of para-hydroxylation sites is 1. The standard InChI is InChI=1S/C22H21N5O2S/c28-22(26-10-8-25(9-11-26)15-19-7-4-12-29-19)20-16-30-21(24-20)17-13-23-27(14-17)18-5-2-1-3-6-18/h1-7,12-14,16H,8-11,15H2. The van der Waals surface area contributed by atoms with E-state index >= 15 is 0 Å². The maximum absolute atomic E-state index is 12.9. The van der Waals surface area contributed by atoms with Crippen molar-refractivity contribution in [2.24, 2.45) is 0 Å². The molecule has 0 radical (unpaired) electrons. The molecule has 5 rings (SSSR count). The first-order valence-corrected chi connectivity index (χ1v) is 10.7. The number of rotatable bonds is 5. The summed E-state index contributed by atoms with van der Waals surface area (Å²) in [7, 11) is 0. The number of hydrogen-bond donors (Lipinski definition) is 0. The van der Waals surface area contributed by atoms with Crippen LogP contribution in [0.15, 0.2) is 70.9 Å². The highest BCUT2D eigenvalue weighted by Gasteiger charge is 2.24. The minimum atomic E-state index is -0.00870. The first kappa shape index (κ1) is 18.8. The summed E-state index contributed by atoms with van der Waals surface area (Å²) in [5.41, 5.74) is 2.40. The number of carbonyl (C=O) groups is 1. The highest BCUT2D eigenvalue weighted by atomic mass is 32.1. The minimum absolute atomic E-state index is 0.00870. The maximum atomic E-state index is 12.9. The molecule has 1 fully saturated rings. The molecule has 0 spiro atoms. The third-order valence-corrected chi connectivity index (χ3v) is 6.08. The van der Waals surface area contributed by atoms with Crippen molar-refractivity contribution >= 4 is 17.2 Å². The summed E-state index contributed by atoms with van der Waals surface area (Å²) in [6, 6.07) is 13.8. The monoisotopic (exact) mass is 419 g/mol. The lowest BCUT2D eigenvalue weighted by atomic mass is 10.2. The Hall–Kier alpha value is -3.23. The van der Waals surface area contributed by atoms with Crippen LogP contribution in [0.3, 0.4) is 0 Å². The SMILES string of the molecule is O=C(c1csc(-c2cnn(-c3ccccc3)c2)n1)N1CCN(Cc2ccco2)CC1. The predicted molar refractivity (Wildman–Crippen MR) is 115 cm³/mol. The van der Waals surface area contributed by atoms with Gasteiger partial charge >= 0.3 is 0 Å². The average molecular weight is 420 g/mol. The van der Waals surface area contributed by atoms with Crippen molar-refractivity contribution in [3.8, 4) is 16.3 Å². The molecular formula is C22H21N5O2S. The van der Waals surface area contributed by atoms with Crippen molar-refractivity contribution in [2.45, 2.75) is 6.54 Å². The summed E-state index contributed by atoms with van der Waals surface area (Å²) in [6.07, 6.45) is 5.42. The number of hydrogen-bond acceptors (Lipinski definition) is 6. The zero-order chi connectivity index (χ0) is 20.3. The van der Waals surface area contributed by atoms with E-state index in [-0.39, 0.29) is 5.91 Å². The molecule has 0 N–H and O–H groups in total. The van der Waals surface area contributed by atoms with Crippen LogP contribution in [0.5, 0.6) is 0 Å². The number of piperazine rings is 1. The average Bonchev–Trinajstić information content (AvgIpc) is 3.55. The Labute approximate surface area is 178 Å². The Balaban J connectivity index is 1.23. The van der Waals surface area contributed by atoms with E-state index in [1.165, 1.54) is 11.3 Å². The lowest BCUT2D eigenvalue weighted by molar-refractivity contribution is 0.0615. The molecule has 0 bridgehead atoms. The second-order valence-electron chi connectivity index (χ2n) is 7.19. The highest BCUT2D eigenvalue weighted by molar-refractivity contribution is 7.13. The van der Waals surface area contributed by atoms with E-state index in [1.807, 2.05) is 63.6 Å². The van der Waals surface area contributed by atoms with Gasteiger partial charge < -0.3 is 9.32 Å². The molecule has 30 heavy (non-hydrogen) atoms. The molecule has 1 saturated heterocycles. The van der Waals surface area contributed by atoms with E-state index in [0.29, 0.717) is 18.8 Å². The number of furan rings is 1. The summed E-state index contributed by atoms with van der Waals surface area (Å²) < 4.78 is 7.23. The van der Waals surface area contributed by atoms with Gasteiger partial charge in [0.15, 0.2) is 0 Å². The lowest BCUT2D eigenvalue weighted by Crippen LogP contribution is -2.48. The Morgan fingerprint density at radius 3 is 2.67 bits per heavy atom. The summed E-state index contributed by atoms with van der Waals surface area (Å²) in [6.45, 7) is 3.82. The van der Waals surface area contributed by atoms with E-state index in [4.69, 9.17) is 4.42 Å². The molecular weight excluding hydrogens is 398 g/mol. The zero-order valence-electron chi connectivity index (χ0n) is 16.3. The maximum Gasteiger partial charge on any atom is 0.273 e. The van der Waals surface area contributed by atoms with Crippen molar-refractivity contribution in [1.82, 2.24) is 24.6 Å². The van der Waals surface area contributed by atoms with Gasteiger partial charge in [-0.05, 0) is 24.3 Å². The van der Waals surface area contributed by atoms with Crippen LogP contribution in [0.1, 0.15) is 16.2 Å². The normalized spacial score (nSPS) is 14.9. The van der Waals surface area contributed by atoms with Crippen molar-refractivity contribution in [1.29, 1.82) is 0 Å². The van der Waals surface area contributed by atoms with Crippen LogP contribution in [0.4, 0.5) is 0 Å². The van der Waals surface area contributed by atoms with E-state index in [9.17, 15) is 4.79 Å². The third-order valence-electron chi connectivity index (χ3n) is 5.19. The number of amides is 1. The Kier molecular flexibility index (Phi) is 5.17. The molecule has 152 valence electrons. The lowest BCUT2D eigenvalue weighted by Gasteiger charge is -2.33. The molecule has 0 aliphatic carbocycles. The van der Waals surface area contributed by atoms with Gasteiger partial charge in [0, 0.05) is 43.3 Å². The van der Waals surface area contributed by atoms with Crippen LogP contribution in [0.2, 0.25) is 0 Å². The van der Waals surface area contributed by atoms with Crippen molar-refractivity contribution in [3.05, 3.63) is 78.0 Å². The molecule has 1 aliphatic rings. The Morgan fingerprint density at radius 2 is 1.90 bits per heavy atom. The van der Waals surface area contributed by atoms with E-state index in [0.717, 1.165) is 41.7 Å². The molecule has 1 aliphatic heterocycles. The topological polar surface area (TPSA) is 67.4 Å². The van der Waals surface area contributed by atoms with Gasteiger partial charge in [-0.25, -0.2) is 9.67 Å². The van der Waals surface area contributed by atoms with Crippen LogP contribution >= 0.6 is 11.3 Å². The van der Waals surface area contributed by atoms with Gasteiger partial charge in [-0.2, -0.15) is 5.10 Å². The smallest absolute Gasteiger partial charge is 0.273 e. The Morgan fingerprint density at radius 1 is 1.07 bits per heavy atom. The Bertz CT molecular complexity index is 1110. The second kappa shape index (κ2) is 8.25. The molecule has 0 saturated carbocycles. The van der Waals surface area contributed by atoms with Gasteiger partial charge in [0.1, 0.15) is 16.5 Å². The second-order valence-corrected chi connectivity index (χ2v) is 8.05.